The van der Waals surface area contributed by atoms with E-state index in [4.69, 9.17) is 5.10 Å². The zero-order chi connectivity index (χ0) is 21.2. The molecule has 0 radical (unpaired) electrons. The van der Waals surface area contributed by atoms with E-state index in [1.54, 1.807) is 4.90 Å². The molecule has 0 atom stereocenters. The summed E-state index contributed by atoms with van der Waals surface area (Å²) in [6.45, 7) is 9.76. The lowest BCUT2D eigenvalue weighted by Gasteiger charge is -2.30. The van der Waals surface area contributed by atoms with Gasteiger partial charge < -0.3 is 4.90 Å². The number of nitrogens with zero attached hydrogens (tertiary/aromatic N) is 2. The molecule has 1 heterocycles. The van der Waals surface area contributed by atoms with E-state index in [9.17, 15) is 0 Å². The Morgan fingerprint density at radius 2 is 1.48 bits per heavy atom. The Kier molecular flexibility index (Phi) is 5.44. The van der Waals surface area contributed by atoms with Crippen molar-refractivity contribution in [3.05, 3.63) is 95.1 Å². The van der Waals surface area contributed by atoms with Crippen molar-refractivity contribution in [3.8, 4) is 0 Å². The normalized spacial score (nSPS) is 15.4. The van der Waals surface area contributed by atoms with Gasteiger partial charge in [-0.3, -0.25) is 5.01 Å². The molecule has 1 saturated heterocycles. The van der Waals surface area contributed by atoms with Crippen LogP contribution in [0.1, 0.15) is 22.3 Å². The highest BCUT2D eigenvalue weighted by atomic mass is 15.5. The molecule has 0 unspecified atom stereocenters. The van der Waals surface area contributed by atoms with Gasteiger partial charge in [0.2, 0.25) is 0 Å². The monoisotopic (exact) mass is 408 g/mol. The van der Waals surface area contributed by atoms with Crippen molar-refractivity contribution in [2.24, 2.45) is 5.10 Å². The van der Waals surface area contributed by atoms with E-state index in [1.165, 1.54) is 43.8 Å². The number of hydrogen-bond acceptors (Lipinski definition) is 2. The average Bonchev–Trinajstić information content (AvgIpc) is 2.79. The van der Waals surface area contributed by atoms with E-state index >= 15 is 0 Å². The second-order valence-corrected chi connectivity index (χ2v) is 8.79. The summed E-state index contributed by atoms with van der Waals surface area (Å²) in [5.74, 6) is 0. The fourth-order valence-electron chi connectivity index (χ4n) is 4.74. The molecule has 1 N–H and O–H groups in total. The maximum absolute atomic E-state index is 4.92. The number of hydrogen-bond donors (Lipinski definition) is 1. The minimum atomic E-state index is 0.999. The van der Waals surface area contributed by atoms with Gasteiger partial charge in [-0.25, -0.2) is 0 Å². The maximum Gasteiger partial charge on any atom is 0.103 e. The summed E-state index contributed by atoms with van der Waals surface area (Å²) in [6.07, 6.45) is 2.08. The molecule has 0 saturated carbocycles. The molecular weight excluding hydrogens is 378 g/mol. The molecule has 0 bridgehead atoms. The second kappa shape index (κ2) is 8.52. The first-order chi connectivity index (χ1) is 15.2. The van der Waals surface area contributed by atoms with Crippen LogP contribution in [0, 0.1) is 13.8 Å². The van der Waals surface area contributed by atoms with Crippen LogP contribution in [0.3, 0.4) is 0 Å². The molecule has 1 fully saturated rings. The first-order valence-corrected chi connectivity index (χ1v) is 11.3. The number of fused-ring (bicyclic) bond motifs is 2. The van der Waals surface area contributed by atoms with Crippen LogP contribution in [0.15, 0.2) is 77.9 Å². The Bertz CT molecular complexity index is 1200. The molecule has 3 heteroatoms. The molecule has 1 aliphatic rings. The molecule has 4 aromatic rings. The van der Waals surface area contributed by atoms with Crippen LogP contribution in [-0.2, 0) is 6.54 Å². The minimum Gasteiger partial charge on any atom is -0.328 e. The summed E-state index contributed by atoms with van der Waals surface area (Å²) in [4.78, 5) is 1.65. The SMILES string of the molecule is Cc1ccc(C[NH+]2CCN(N=Cc3c4ccccc4cc4ccccc34)CC2)c(C)c1. The van der Waals surface area contributed by atoms with Gasteiger partial charge in [-0.1, -0.05) is 72.3 Å². The van der Waals surface area contributed by atoms with Crippen LogP contribution in [0.4, 0.5) is 0 Å². The van der Waals surface area contributed by atoms with Crippen molar-refractivity contribution in [1.29, 1.82) is 0 Å². The summed E-state index contributed by atoms with van der Waals surface area (Å²) >= 11 is 0. The topological polar surface area (TPSA) is 20.0 Å². The molecule has 5 rings (SSSR count). The van der Waals surface area contributed by atoms with Crippen LogP contribution in [0.5, 0.6) is 0 Å². The molecule has 1 aliphatic heterocycles. The fraction of sp³-hybridized carbons (Fsp3) is 0.250. The lowest BCUT2D eigenvalue weighted by molar-refractivity contribution is -0.918. The van der Waals surface area contributed by atoms with Gasteiger partial charge in [0, 0.05) is 11.1 Å². The highest BCUT2D eigenvalue weighted by Crippen LogP contribution is 2.27. The van der Waals surface area contributed by atoms with Gasteiger partial charge in [0.25, 0.3) is 0 Å². The van der Waals surface area contributed by atoms with E-state index in [-0.39, 0.29) is 0 Å². The highest BCUT2D eigenvalue weighted by Gasteiger charge is 2.19. The van der Waals surface area contributed by atoms with Crippen molar-refractivity contribution in [1.82, 2.24) is 5.01 Å². The smallest absolute Gasteiger partial charge is 0.103 e. The van der Waals surface area contributed by atoms with Crippen molar-refractivity contribution < 1.29 is 4.90 Å². The van der Waals surface area contributed by atoms with Crippen molar-refractivity contribution in [2.75, 3.05) is 26.2 Å². The molecule has 0 aromatic heterocycles. The van der Waals surface area contributed by atoms with Gasteiger partial charge >= 0.3 is 0 Å². The largest absolute Gasteiger partial charge is 0.328 e. The molecule has 0 amide bonds. The predicted octanol–water partition coefficient (Wildman–Crippen LogP) is 4.34. The van der Waals surface area contributed by atoms with E-state index in [0.717, 1.165) is 32.7 Å². The van der Waals surface area contributed by atoms with Crippen LogP contribution < -0.4 is 4.90 Å². The number of rotatable bonds is 4. The number of piperazine rings is 1. The number of nitrogens with one attached hydrogen (secondary N) is 1. The van der Waals surface area contributed by atoms with Crippen LogP contribution in [0.2, 0.25) is 0 Å². The number of aryl methyl sites for hydroxylation is 2. The summed E-state index contributed by atoms with van der Waals surface area (Å²) in [5.41, 5.74) is 5.45. The average molecular weight is 409 g/mol. The standard InChI is InChI=1S/C28H29N3/c1-21-11-12-25(22(2)17-21)20-30-13-15-31(16-14-30)29-19-28-26-9-5-3-7-23(26)18-24-8-4-6-10-27(24)28/h3-12,17-19H,13-16,20H2,1-2H3/p+1. The molecule has 156 valence electrons. The number of quaternary nitrogens is 1. The summed E-state index contributed by atoms with van der Waals surface area (Å²) in [5, 5.41) is 12.2. The summed E-state index contributed by atoms with van der Waals surface area (Å²) in [7, 11) is 0. The van der Waals surface area contributed by atoms with Crippen molar-refractivity contribution in [2.45, 2.75) is 20.4 Å². The summed E-state index contributed by atoms with van der Waals surface area (Å²) < 4.78 is 0. The summed E-state index contributed by atoms with van der Waals surface area (Å²) in [6, 6.07) is 26.3. The first kappa shape index (κ1) is 19.8. The molecule has 31 heavy (non-hydrogen) atoms. The van der Waals surface area contributed by atoms with Gasteiger partial charge in [-0.05, 0) is 47.0 Å². The van der Waals surface area contributed by atoms with Crippen molar-refractivity contribution in [3.63, 3.8) is 0 Å². The Morgan fingerprint density at radius 1 is 0.839 bits per heavy atom. The third-order valence-corrected chi connectivity index (χ3v) is 6.55. The predicted molar refractivity (Wildman–Crippen MR) is 131 cm³/mol. The zero-order valence-corrected chi connectivity index (χ0v) is 18.4. The van der Waals surface area contributed by atoms with E-state index in [2.05, 4.69) is 97.9 Å². The van der Waals surface area contributed by atoms with Gasteiger partial charge in [0.05, 0.1) is 32.4 Å². The minimum absolute atomic E-state index is 0.999. The van der Waals surface area contributed by atoms with Gasteiger partial charge in [-0.2, -0.15) is 5.10 Å². The Labute approximate surface area is 184 Å². The highest BCUT2D eigenvalue weighted by molar-refractivity contribution is 6.13. The van der Waals surface area contributed by atoms with Crippen LogP contribution >= 0.6 is 0 Å². The van der Waals surface area contributed by atoms with Crippen LogP contribution in [-0.4, -0.2) is 37.4 Å². The Morgan fingerprint density at radius 3 is 2.13 bits per heavy atom. The van der Waals surface area contributed by atoms with E-state index < -0.39 is 0 Å². The lowest BCUT2D eigenvalue weighted by Crippen LogP contribution is -3.13. The third kappa shape index (κ3) is 4.19. The molecule has 4 aromatic carbocycles. The Hall–Kier alpha value is -3.17. The van der Waals surface area contributed by atoms with Crippen molar-refractivity contribution >= 4 is 27.8 Å². The third-order valence-electron chi connectivity index (χ3n) is 6.55. The van der Waals surface area contributed by atoms with E-state index in [1.807, 2.05) is 0 Å². The van der Waals surface area contributed by atoms with E-state index in [0.29, 0.717) is 0 Å². The molecular formula is C28H30N3+. The maximum atomic E-state index is 4.92. The first-order valence-electron chi connectivity index (χ1n) is 11.3. The van der Waals surface area contributed by atoms with Gasteiger partial charge in [0.15, 0.2) is 0 Å². The number of benzene rings is 4. The Balaban J connectivity index is 1.32. The molecule has 0 spiro atoms. The van der Waals surface area contributed by atoms with Gasteiger partial charge in [-0.15, -0.1) is 0 Å². The number of hydrazone groups is 1. The second-order valence-electron chi connectivity index (χ2n) is 8.79. The fourth-order valence-corrected chi connectivity index (χ4v) is 4.74. The zero-order valence-electron chi connectivity index (χ0n) is 18.4. The lowest BCUT2D eigenvalue weighted by atomic mass is 9.97. The quantitative estimate of drug-likeness (QED) is 0.393. The van der Waals surface area contributed by atoms with Crippen LogP contribution in [0.25, 0.3) is 21.5 Å². The molecule has 3 nitrogen and oxygen atoms in total. The van der Waals surface area contributed by atoms with Gasteiger partial charge in [0.1, 0.15) is 6.54 Å². The molecule has 0 aliphatic carbocycles.